The van der Waals surface area contributed by atoms with Gasteiger partial charge in [-0.2, -0.15) is 0 Å². The van der Waals surface area contributed by atoms with E-state index >= 15 is 0 Å². The summed E-state index contributed by atoms with van der Waals surface area (Å²) in [7, 11) is 3.24. The molecule has 2 rings (SSSR count). The zero-order chi connectivity index (χ0) is 13.8. The summed E-state index contributed by atoms with van der Waals surface area (Å²) in [6.45, 7) is 2.61. The first-order chi connectivity index (χ1) is 9.19. The van der Waals surface area contributed by atoms with E-state index < -0.39 is 0 Å². The first-order valence-corrected chi connectivity index (χ1v) is 6.49. The fourth-order valence-electron chi connectivity index (χ4n) is 2.26. The van der Waals surface area contributed by atoms with Gasteiger partial charge in [0.25, 0.3) is 0 Å². The van der Waals surface area contributed by atoms with E-state index in [1.165, 1.54) is 5.56 Å². The van der Waals surface area contributed by atoms with Crippen LogP contribution in [-0.4, -0.2) is 32.3 Å². The largest absolute Gasteiger partial charge is 0.493 e. The predicted molar refractivity (Wildman–Crippen MR) is 74.6 cm³/mol. The van der Waals surface area contributed by atoms with Gasteiger partial charge in [-0.1, -0.05) is 6.92 Å². The Bertz CT molecular complexity index is 520. The highest BCUT2D eigenvalue weighted by Gasteiger charge is 2.19. The zero-order valence-corrected chi connectivity index (χ0v) is 11.7. The molecule has 0 amide bonds. The molecule has 0 atom stereocenters. The Morgan fingerprint density at radius 2 is 1.95 bits per heavy atom. The number of fused-ring (bicyclic) bond motifs is 1. The lowest BCUT2D eigenvalue weighted by Gasteiger charge is -2.19. The molecule has 0 saturated carbocycles. The minimum Gasteiger partial charge on any atom is -0.493 e. The fraction of sp³-hybridized carbons (Fsp3) is 0.467. The highest BCUT2D eigenvalue weighted by molar-refractivity contribution is 6.12. The first kappa shape index (κ1) is 13.6. The summed E-state index contributed by atoms with van der Waals surface area (Å²) in [5, 5.41) is 0. The van der Waals surface area contributed by atoms with Gasteiger partial charge in [-0.25, -0.2) is 0 Å². The second-order valence-electron chi connectivity index (χ2n) is 4.51. The molecule has 19 heavy (non-hydrogen) atoms. The molecule has 1 aromatic rings. The molecule has 102 valence electrons. The van der Waals surface area contributed by atoms with E-state index in [1.807, 2.05) is 19.1 Å². The van der Waals surface area contributed by atoms with Crippen LogP contribution in [0.5, 0.6) is 11.5 Å². The summed E-state index contributed by atoms with van der Waals surface area (Å²) in [5.74, 6) is 1.62. The maximum atomic E-state index is 11.6. The highest BCUT2D eigenvalue weighted by Crippen LogP contribution is 2.33. The number of ether oxygens (including phenoxy) is 2. The molecular weight excluding hydrogens is 242 g/mol. The number of hydrogen-bond acceptors (Lipinski definition) is 4. The van der Waals surface area contributed by atoms with E-state index in [9.17, 15) is 4.79 Å². The normalized spacial score (nSPS) is 13.5. The number of carbonyl (C=O) groups is 1. The van der Waals surface area contributed by atoms with Crippen molar-refractivity contribution in [1.82, 2.24) is 0 Å². The molecule has 4 heteroatoms. The van der Waals surface area contributed by atoms with Gasteiger partial charge in [0.2, 0.25) is 0 Å². The van der Waals surface area contributed by atoms with Crippen LogP contribution in [0.25, 0.3) is 0 Å². The van der Waals surface area contributed by atoms with Crippen molar-refractivity contribution < 1.29 is 14.3 Å². The molecule has 0 aromatic heterocycles. The summed E-state index contributed by atoms with van der Waals surface area (Å²) in [5.41, 5.74) is 3.06. The molecule has 0 saturated heterocycles. The quantitative estimate of drug-likeness (QED) is 0.817. The SMILES string of the molecule is CCC(=O)CC1=NCCc2cc(OC)c(OC)cc21. The molecule has 0 radical (unpaired) electrons. The Labute approximate surface area is 113 Å². The fourth-order valence-corrected chi connectivity index (χ4v) is 2.26. The van der Waals surface area contributed by atoms with Gasteiger partial charge in [0.15, 0.2) is 11.5 Å². The average Bonchev–Trinajstić information content (AvgIpc) is 2.45. The van der Waals surface area contributed by atoms with Gasteiger partial charge >= 0.3 is 0 Å². The van der Waals surface area contributed by atoms with Gasteiger partial charge in [0.05, 0.1) is 14.2 Å². The van der Waals surface area contributed by atoms with Crippen molar-refractivity contribution in [3.63, 3.8) is 0 Å². The Morgan fingerprint density at radius 3 is 2.58 bits per heavy atom. The van der Waals surface area contributed by atoms with Crippen LogP contribution in [0.3, 0.4) is 0 Å². The Hall–Kier alpha value is -1.84. The molecule has 1 heterocycles. The van der Waals surface area contributed by atoms with E-state index in [2.05, 4.69) is 4.99 Å². The number of benzene rings is 1. The minimum atomic E-state index is 0.210. The van der Waals surface area contributed by atoms with Crippen LogP contribution in [0.1, 0.15) is 30.9 Å². The maximum Gasteiger partial charge on any atom is 0.161 e. The van der Waals surface area contributed by atoms with Crippen molar-refractivity contribution in [3.8, 4) is 11.5 Å². The van der Waals surface area contributed by atoms with Crippen molar-refractivity contribution in [1.29, 1.82) is 0 Å². The number of ketones is 1. The van der Waals surface area contributed by atoms with Gasteiger partial charge in [-0.05, 0) is 24.1 Å². The van der Waals surface area contributed by atoms with Crippen LogP contribution in [0.4, 0.5) is 0 Å². The third-order valence-corrected chi connectivity index (χ3v) is 3.36. The standard InChI is InChI=1S/C15H19NO3/c1-4-11(17)8-13-12-9-15(19-3)14(18-2)7-10(12)5-6-16-13/h7,9H,4-6,8H2,1-3H3. The van der Waals surface area contributed by atoms with E-state index in [1.54, 1.807) is 14.2 Å². The topological polar surface area (TPSA) is 47.9 Å². The van der Waals surface area contributed by atoms with Crippen molar-refractivity contribution in [2.45, 2.75) is 26.2 Å². The predicted octanol–water partition coefficient (Wildman–Crippen LogP) is 2.42. The number of hydrogen-bond donors (Lipinski definition) is 0. The number of nitrogens with zero attached hydrogens (tertiary/aromatic N) is 1. The molecule has 1 aromatic carbocycles. The second-order valence-corrected chi connectivity index (χ2v) is 4.51. The monoisotopic (exact) mass is 261 g/mol. The molecular formula is C15H19NO3. The van der Waals surface area contributed by atoms with Gasteiger partial charge in [0, 0.05) is 30.7 Å². The smallest absolute Gasteiger partial charge is 0.161 e. The molecule has 1 aliphatic rings. The van der Waals surface area contributed by atoms with Crippen molar-refractivity contribution in [2.75, 3.05) is 20.8 Å². The Morgan fingerprint density at radius 1 is 1.26 bits per heavy atom. The van der Waals surface area contributed by atoms with E-state index in [0.29, 0.717) is 18.6 Å². The van der Waals surface area contributed by atoms with Crippen LogP contribution in [0, 0.1) is 0 Å². The van der Waals surface area contributed by atoms with Crippen LogP contribution >= 0.6 is 0 Å². The number of rotatable bonds is 5. The first-order valence-electron chi connectivity index (χ1n) is 6.49. The molecule has 0 spiro atoms. The lowest BCUT2D eigenvalue weighted by atomic mass is 9.93. The Balaban J connectivity index is 2.40. The van der Waals surface area contributed by atoms with E-state index in [4.69, 9.17) is 9.47 Å². The lowest BCUT2D eigenvalue weighted by molar-refractivity contribution is -0.117. The van der Waals surface area contributed by atoms with Crippen LogP contribution in [0.15, 0.2) is 17.1 Å². The molecule has 0 N–H and O–H groups in total. The average molecular weight is 261 g/mol. The highest BCUT2D eigenvalue weighted by atomic mass is 16.5. The van der Waals surface area contributed by atoms with Crippen LogP contribution < -0.4 is 9.47 Å². The zero-order valence-electron chi connectivity index (χ0n) is 11.7. The summed E-state index contributed by atoms with van der Waals surface area (Å²) in [6.07, 6.45) is 1.82. The van der Waals surface area contributed by atoms with Gasteiger partial charge in [-0.3, -0.25) is 9.79 Å². The van der Waals surface area contributed by atoms with Crippen LogP contribution in [-0.2, 0) is 11.2 Å². The molecule has 0 bridgehead atoms. The summed E-state index contributed by atoms with van der Waals surface area (Å²) in [4.78, 5) is 16.1. The number of aliphatic imine (C=N–C) groups is 1. The number of Topliss-reactive ketones (excluding diaryl/α,β-unsaturated/α-hetero) is 1. The second kappa shape index (κ2) is 5.87. The molecule has 4 nitrogen and oxygen atoms in total. The molecule has 0 unspecified atom stereocenters. The third-order valence-electron chi connectivity index (χ3n) is 3.36. The van der Waals surface area contributed by atoms with E-state index in [0.717, 1.165) is 30.0 Å². The van der Waals surface area contributed by atoms with Crippen molar-refractivity contribution in [3.05, 3.63) is 23.3 Å². The summed E-state index contributed by atoms with van der Waals surface area (Å²) >= 11 is 0. The lowest BCUT2D eigenvalue weighted by Crippen LogP contribution is -2.16. The van der Waals surface area contributed by atoms with E-state index in [-0.39, 0.29) is 5.78 Å². The molecule has 1 aliphatic heterocycles. The summed E-state index contributed by atoms with van der Waals surface area (Å²) in [6, 6.07) is 3.91. The minimum absolute atomic E-state index is 0.210. The van der Waals surface area contributed by atoms with Gasteiger partial charge in [-0.15, -0.1) is 0 Å². The molecule has 0 aliphatic carbocycles. The number of carbonyl (C=O) groups excluding carboxylic acids is 1. The van der Waals surface area contributed by atoms with Crippen LogP contribution in [0.2, 0.25) is 0 Å². The third kappa shape index (κ3) is 2.78. The van der Waals surface area contributed by atoms with Crippen molar-refractivity contribution >= 4 is 11.5 Å². The summed E-state index contributed by atoms with van der Waals surface area (Å²) < 4.78 is 10.6. The Kier molecular flexibility index (Phi) is 4.20. The molecule has 0 fully saturated rings. The van der Waals surface area contributed by atoms with Gasteiger partial charge < -0.3 is 9.47 Å². The number of methoxy groups -OCH3 is 2. The van der Waals surface area contributed by atoms with Gasteiger partial charge in [0.1, 0.15) is 5.78 Å². The maximum absolute atomic E-state index is 11.6. The van der Waals surface area contributed by atoms with Crippen molar-refractivity contribution in [2.24, 2.45) is 4.99 Å².